The molecule has 0 radical (unpaired) electrons. The minimum absolute atomic E-state index is 0.102. The van der Waals surface area contributed by atoms with Crippen molar-refractivity contribution in [1.29, 1.82) is 0 Å². The van der Waals surface area contributed by atoms with Crippen molar-refractivity contribution < 1.29 is 14.3 Å². The molecule has 1 heterocycles. The van der Waals surface area contributed by atoms with Crippen molar-refractivity contribution in [2.24, 2.45) is 0 Å². The standard InChI is InChI=1S/C23H27IN2O3S/c1-15-9-16(2)11-18(10-15)25-21(27)14-29-22-19(24)12-17(13-20(22)28-3)23(30)26-7-5-4-6-8-26/h9-13H,4-8,14H2,1-3H3,(H,25,27). The number of amides is 1. The van der Waals surface area contributed by atoms with Gasteiger partial charge in [0, 0.05) is 24.3 Å². The minimum Gasteiger partial charge on any atom is -0.493 e. The van der Waals surface area contributed by atoms with Crippen LogP contribution < -0.4 is 14.8 Å². The molecular formula is C23H27IN2O3S. The quantitative estimate of drug-likeness (QED) is 0.410. The molecule has 3 rings (SSSR count). The van der Waals surface area contributed by atoms with E-state index in [4.69, 9.17) is 21.7 Å². The second-order valence-corrected chi connectivity index (χ2v) is 9.10. The van der Waals surface area contributed by atoms with E-state index in [1.165, 1.54) is 19.3 Å². The number of thiocarbonyl (C=S) groups is 1. The average molecular weight is 538 g/mol. The van der Waals surface area contributed by atoms with Crippen LogP contribution >= 0.6 is 34.8 Å². The number of benzene rings is 2. The van der Waals surface area contributed by atoms with Gasteiger partial charge in [-0.05, 0) is 91.1 Å². The Labute approximate surface area is 197 Å². The zero-order valence-electron chi connectivity index (χ0n) is 17.6. The van der Waals surface area contributed by atoms with E-state index in [9.17, 15) is 4.79 Å². The molecule has 0 bridgehead atoms. The largest absolute Gasteiger partial charge is 0.493 e. The number of piperidine rings is 1. The second kappa shape index (κ2) is 10.4. The van der Waals surface area contributed by atoms with Crippen molar-refractivity contribution >= 4 is 51.4 Å². The number of ether oxygens (including phenoxy) is 2. The zero-order valence-corrected chi connectivity index (χ0v) is 20.6. The first-order valence-corrected chi connectivity index (χ1v) is 11.5. The lowest BCUT2D eigenvalue weighted by Crippen LogP contribution is -2.35. The molecule has 0 atom stereocenters. The predicted octanol–water partition coefficient (Wildman–Crippen LogP) is 5.10. The summed E-state index contributed by atoms with van der Waals surface area (Å²) in [5, 5.41) is 2.89. The molecule has 0 aliphatic carbocycles. The van der Waals surface area contributed by atoms with Crippen molar-refractivity contribution in [2.45, 2.75) is 33.1 Å². The number of likely N-dealkylation sites (tertiary alicyclic amines) is 1. The van der Waals surface area contributed by atoms with Crippen molar-refractivity contribution in [3.8, 4) is 11.5 Å². The summed E-state index contributed by atoms with van der Waals surface area (Å²) < 4.78 is 12.2. The molecule has 1 fully saturated rings. The van der Waals surface area contributed by atoms with E-state index in [0.717, 1.165) is 44.0 Å². The SMILES string of the molecule is COc1cc(C(=S)N2CCCCC2)cc(I)c1OCC(=O)Nc1cc(C)cc(C)c1. The van der Waals surface area contributed by atoms with Crippen LogP contribution in [0.4, 0.5) is 5.69 Å². The van der Waals surface area contributed by atoms with Crippen LogP contribution in [0.25, 0.3) is 0 Å². The highest BCUT2D eigenvalue weighted by Crippen LogP contribution is 2.34. The van der Waals surface area contributed by atoms with Crippen LogP contribution in [0.15, 0.2) is 30.3 Å². The molecule has 1 aliphatic heterocycles. The van der Waals surface area contributed by atoms with Gasteiger partial charge in [-0.2, -0.15) is 0 Å². The van der Waals surface area contributed by atoms with Gasteiger partial charge in [-0.1, -0.05) is 18.3 Å². The van der Waals surface area contributed by atoms with Gasteiger partial charge in [0.15, 0.2) is 18.1 Å². The first kappa shape index (κ1) is 22.8. The molecule has 0 saturated carbocycles. The number of aryl methyl sites for hydroxylation is 2. The Morgan fingerprint density at radius 1 is 1.10 bits per heavy atom. The highest BCUT2D eigenvalue weighted by Gasteiger charge is 2.19. The number of hydrogen-bond donors (Lipinski definition) is 1. The molecule has 1 aliphatic rings. The molecule has 1 saturated heterocycles. The average Bonchev–Trinajstić information content (AvgIpc) is 2.71. The van der Waals surface area contributed by atoms with Crippen LogP contribution in [0.3, 0.4) is 0 Å². The predicted molar refractivity (Wildman–Crippen MR) is 133 cm³/mol. The van der Waals surface area contributed by atoms with Gasteiger partial charge >= 0.3 is 0 Å². The Hall–Kier alpha value is -1.87. The van der Waals surface area contributed by atoms with E-state index in [0.29, 0.717) is 11.5 Å². The van der Waals surface area contributed by atoms with Crippen LogP contribution in [-0.4, -0.2) is 42.6 Å². The number of anilines is 1. The fourth-order valence-corrected chi connectivity index (χ4v) is 4.70. The summed E-state index contributed by atoms with van der Waals surface area (Å²) in [6, 6.07) is 9.83. The third-order valence-corrected chi connectivity index (χ3v) is 6.27. The fourth-order valence-electron chi connectivity index (χ4n) is 3.64. The number of carbonyl (C=O) groups is 1. The molecule has 30 heavy (non-hydrogen) atoms. The molecule has 0 spiro atoms. The third-order valence-electron chi connectivity index (χ3n) is 4.97. The maximum atomic E-state index is 12.4. The Morgan fingerprint density at radius 3 is 2.40 bits per heavy atom. The van der Waals surface area contributed by atoms with Gasteiger partial charge in [0.05, 0.1) is 10.7 Å². The summed E-state index contributed by atoms with van der Waals surface area (Å²) >= 11 is 7.92. The zero-order chi connectivity index (χ0) is 21.7. The summed E-state index contributed by atoms with van der Waals surface area (Å²) in [5.74, 6) is 0.917. The first-order valence-electron chi connectivity index (χ1n) is 10.0. The molecular weight excluding hydrogens is 511 g/mol. The molecule has 0 aromatic heterocycles. The fraction of sp³-hybridized carbons (Fsp3) is 0.391. The van der Waals surface area contributed by atoms with Crippen LogP contribution in [-0.2, 0) is 4.79 Å². The maximum absolute atomic E-state index is 12.4. The van der Waals surface area contributed by atoms with Crippen LogP contribution in [0, 0.1) is 17.4 Å². The number of halogens is 1. The number of hydrogen-bond acceptors (Lipinski definition) is 4. The van der Waals surface area contributed by atoms with E-state index >= 15 is 0 Å². The number of rotatable bonds is 6. The van der Waals surface area contributed by atoms with Gasteiger partial charge in [0.2, 0.25) is 0 Å². The Morgan fingerprint density at radius 2 is 1.77 bits per heavy atom. The normalized spacial score (nSPS) is 13.7. The number of nitrogens with one attached hydrogen (secondary N) is 1. The van der Waals surface area contributed by atoms with Gasteiger partial charge in [-0.15, -0.1) is 0 Å². The summed E-state index contributed by atoms with van der Waals surface area (Å²) in [4.78, 5) is 15.5. The Balaban J connectivity index is 1.69. The van der Waals surface area contributed by atoms with Crippen molar-refractivity contribution in [1.82, 2.24) is 4.90 Å². The molecule has 2 aromatic carbocycles. The Kier molecular flexibility index (Phi) is 7.93. The lowest BCUT2D eigenvalue weighted by molar-refractivity contribution is -0.118. The van der Waals surface area contributed by atoms with E-state index in [1.54, 1.807) is 7.11 Å². The lowest BCUT2D eigenvalue weighted by atomic mass is 10.1. The van der Waals surface area contributed by atoms with Crippen molar-refractivity contribution in [3.63, 3.8) is 0 Å². The van der Waals surface area contributed by atoms with E-state index in [2.05, 4.69) is 38.9 Å². The number of carbonyl (C=O) groups excluding carboxylic acids is 1. The molecule has 1 N–H and O–H groups in total. The van der Waals surface area contributed by atoms with Gasteiger partial charge in [-0.3, -0.25) is 4.79 Å². The summed E-state index contributed by atoms with van der Waals surface area (Å²) in [6.45, 7) is 5.89. The summed E-state index contributed by atoms with van der Waals surface area (Å²) in [7, 11) is 1.60. The monoisotopic (exact) mass is 538 g/mol. The van der Waals surface area contributed by atoms with E-state index in [-0.39, 0.29) is 12.5 Å². The van der Waals surface area contributed by atoms with Crippen molar-refractivity contribution in [2.75, 3.05) is 32.1 Å². The summed E-state index contributed by atoms with van der Waals surface area (Å²) in [5.41, 5.74) is 3.91. The van der Waals surface area contributed by atoms with E-state index < -0.39 is 0 Å². The Bertz CT molecular complexity index is 922. The van der Waals surface area contributed by atoms with Crippen LogP contribution in [0.1, 0.15) is 36.0 Å². The number of methoxy groups -OCH3 is 1. The number of nitrogens with zero attached hydrogens (tertiary/aromatic N) is 1. The lowest BCUT2D eigenvalue weighted by Gasteiger charge is -2.29. The molecule has 5 nitrogen and oxygen atoms in total. The maximum Gasteiger partial charge on any atom is 0.262 e. The van der Waals surface area contributed by atoms with Crippen molar-refractivity contribution in [3.05, 3.63) is 50.6 Å². The second-order valence-electron chi connectivity index (χ2n) is 7.56. The van der Waals surface area contributed by atoms with Crippen LogP contribution in [0.5, 0.6) is 11.5 Å². The van der Waals surface area contributed by atoms with Crippen LogP contribution in [0.2, 0.25) is 0 Å². The smallest absolute Gasteiger partial charge is 0.262 e. The molecule has 7 heteroatoms. The van der Waals surface area contributed by atoms with E-state index in [1.807, 2.05) is 38.1 Å². The molecule has 160 valence electrons. The highest BCUT2D eigenvalue weighted by atomic mass is 127. The molecule has 2 aromatic rings. The minimum atomic E-state index is -0.217. The first-order chi connectivity index (χ1) is 14.4. The highest BCUT2D eigenvalue weighted by molar-refractivity contribution is 14.1. The third kappa shape index (κ3) is 5.85. The van der Waals surface area contributed by atoms with Gasteiger partial charge < -0.3 is 19.7 Å². The topological polar surface area (TPSA) is 50.8 Å². The summed E-state index contributed by atoms with van der Waals surface area (Å²) in [6.07, 6.45) is 3.60. The molecule has 0 unspecified atom stereocenters. The van der Waals surface area contributed by atoms with Gasteiger partial charge in [0.25, 0.3) is 5.91 Å². The van der Waals surface area contributed by atoms with Gasteiger partial charge in [0.1, 0.15) is 4.99 Å². The molecule has 1 amide bonds. The van der Waals surface area contributed by atoms with Gasteiger partial charge in [-0.25, -0.2) is 0 Å².